The second-order valence-electron chi connectivity index (χ2n) is 8.42. The van der Waals surface area contributed by atoms with E-state index in [1.54, 1.807) is 35.5 Å². The molecule has 1 saturated heterocycles. The summed E-state index contributed by atoms with van der Waals surface area (Å²) in [5.41, 5.74) is 1.25. The van der Waals surface area contributed by atoms with Gasteiger partial charge in [0.05, 0.1) is 16.3 Å². The normalized spacial score (nSPS) is 16.2. The minimum absolute atomic E-state index is 0.158. The van der Waals surface area contributed by atoms with Crippen molar-refractivity contribution in [2.75, 3.05) is 35.4 Å². The summed E-state index contributed by atoms with van der Waals surface area (Å²) < 4.78 is 29.9. The van der Waals surface area contributed by atoms with Gasteiger partial charge in [-0.15, -0.1) is 0 Å². The number of H-pyrrole nitrogens is 1. The van der Waals surface area contributed by atoms with Gasteiger partial charge in [-0.25, -0.2) is 18.4 Å². The van der Waals surface area contributed by atoms with Crippen molar-refractivity contribution in [3.63, 3.8) is 0 Å². The molecule has 3 aromatic rings. The lowest BCUT2D eigenvalue weighted by atomic mass is 10.0. The van der Waals surface area contributed by atoms with Crippen LogP contribution in [0.4, 0.5) is 11.5 Å². The molecule has 184 valence electrons. The van der Waals surface area contributed by atoms with E-state index in [0.29, 0.717) is 55.3 Å². The van der Waals surface area contributed by atoms with E-state index in [4.69, 9.17) is 11.6 Å². The number of hydrogen-bond donors (Lipinski definition) is 2. The van der Waals surface area contributed by atoms with Gasteiger partial charge in [-0.3, -0.25) is 9.40 Å². The molecule has 3 heterocycles. The molecule has 2 N–H and O–H groups in total. The summed E-state index contributed by atoms with van der Waals surface area (Å²) in [6.45, 7) is 6.61. The number of halogens is 2. The van der Waals surface area contributed by atoms with Crippen molar-refractivity contribution in [2.45, 2.75) is 44.4 Å². The van der Waals surface area contributed by atoms with Crippen LogP contribution in [0.3, 0.4) is 0 Å². The largest absolute Gasteiger partial charge is 0.356 e. The van der Waals surface area contributed by atoms with Gasteiger partial charge in [0.1, 0.15) is 16.7 Å². The van der Waals surface area contributed by atoms with Crippen LogP contribution in [-0.4, -0.2) is 66.1 Å². The van der Waals surface area contributed by atoms with Crippen molar-refractivity contribution >= 4 is 60.1 Å². The Balaban J connectivity index is 1.58. The van der Waals surface area contributed by atoms with Crippen molar-refractivity contribution < 1.29 is 8.42 Å². The van der Waals surface area contributed by atoms with E-state index >= 15 is 0 Å². The van der Waals surface area contributed by atoms with Crippen molar-refractivity contribution in [1.29, 1.82) is 0 Å². The zero-order valence-electron chi connectivity index (χ0n) is 19.2. The molecule has 0 amide bonds. The smallest absolute Gasteiger partial charge is 0.238 e. The predicted molar refractivity (Wildman–Crippen MR) is 140 cm³/mol. The van der Waals surface area contributed by atoms with E-state index in [1.807, 2.05) is 6.92 Å². The fourth-order valence-electron chi connectivity index (χ4n) is 4.34. The van der Waals surface area contributed by atoms with Gasteiger partial charge in [-0.2, -0.15) is 5.10 Å². The van der Waals surface area contributed by atoms with Crippen LogP contribution in [0.2, 0.25) is 5.02 Å². The van der Waals surface area contributed by atoms with E-state index in [2.05, 4.69) is 46.3 Å². The second kappa shape index (κ2) is 10.8. The van der Waals surface area contributed by atoms with Crippen LogP contribution >= 0.6 is 27.5 Å². The minimum atomic E-state index is -3.58. The van der Waals surface area contributed by atoms with Gasteiger partial charge in [0.15, 0.2) is 5.65 Å². The molecule has 1 unspecified atom stereocenters. The molecule has 34 heavy (non-hydrogen) atoms. The van der Waals surface area contributed by atoms with Crippen LogP contribution in [-0.2, 0) is 10.0 Å². The molecule has 1 aromatic carbocycles. The lowest BCUT2D eigenvalue weighted by molar-refractivity contribution is 0.484. The number of nitrogens with one attached hydrogen (secondary N) is 2. The third-order valence-electron chi connectivity index (χ3n) is 6.22. The first-order valence-corrected chi connectivity index (χ1v) is 14.1. The molecule has 9 nitrogen and oxygen atoms in total. The molecule has 0 radical (unpaired) electrons. The third kappa shape index (κ3) is 5.17. The molecule has 2 aromatic heterocycles. The maximum absolute atomic E-state index is 13.8. The molecule has 12 heteroatoms. The Morgan fingerprint density at radius 1 is 1.26 bits per heavy atom. The zero-order chi connectivity index (χ0) is 24.3. The van der Waals surface area contributed by atoms with Crippen LogP contribution in [0.15, 0.2) is 35.2 Å². The Kier molecular flexibility index (Phi) is 7.96. The quantitative estimate of drug-likeness (QED) is 0.375. The average Bonchev–Trinajstić information content (AvgIpc) is 3.22. The molecule has 0 spiro atoms. The molecule has 1 fully saturated rings. The highest BCUT2D eigenvalue weighted by atomic mass is 79.9. The number of hydrogen-bond acceptors (Lipinski definition) is 7. The summed E-state index contributed by atoms with van der Waals surface area (Å²) in [4.78, 5) is 10.9. The van der Waals surface area contributed by atoms with E-state index in [0.717, 1.165) is 22.4 Å². The number of nitrogens with zero attached hydrogens (tertiary/aromatic N) is 5. The number of aromatic nitrogens is 4. The standard InChI is InChI=1S/C22H29BrClN7O2S/c1-3-25-11-8-15(2)34(32,33)31(17-6-4-16(24)5-7-17)18-9-12-30(13-10-18)22-19-20(23)28-29-21(19)26-14-27-22/h4-7,14-15,18,25H,3,8-13H2,1-2H3,(H,26,27,28,29). The Morgan fingerprint density at radius 2 is 1.97 bits per heavy atom. The van der Waals surface area contributed by atoms with Gasteiger partial charge in [-0.1, -0.05) is 18.5 Å². The van der Waals surface area contributed by atoms with E-state index in [9.17, 15) is 8.42 Å². The first-order chi connectivity index (χ1) is 16.3. The van der Waals surface area contributed by atoms with Gasteiger partial charge >= 0.3 is 0 Å². The maximum atomic E-state index is 13.8. The Bertz CT molecular complexity index is 1210. The predicted octanol–water partition coefficient (Wildman–Crippen LogP) is 3.96. The molecule has 0 aliphatic carbocycles. The average molecular weight is 571 g/mol. The highest BCUT2D eigenvalue weighted by Crippen LogP contribution is 2.34. The van der Waals surface area contributed by atoms with Gasteiger partial charge in [0.2, 0.25) is 10.0 Å². The van der Waals surface area contributed by atoms with Gasteiger partial charge < -0.3 is 10.2 Å². The Hall–Kier alpha value is -1.95. The van der Waals surface area contributed by atoms with Crippen LogP contribution in [0, 0.1) is 0 Å². The van der Waals surface area contributed by atoms with Crippen molar-refractivity contribution in [1.82, 2.24) is 25.5 Å². The lowest BCUT2D eigenvalue weighted by Gasteiger charge is -2.40. The second-order valence-corrected chi connectivity index (χ2v) is 11.9. The molecule has 4 rings (SSSR count). The fraction of sp³-hybridized carbons (Fsp3) is 0.500. The minimum Gasteiger partial charge on any atom is -0.356 e. The maximum Gasteiger partial charge on any atom is 0.238 e. The molecule has 0 bridgehead atoms. The summed E-state index contributed by atoms with van der Waals surface area (Å²) in [7, 11) is -3.58. The number of benzene rings is 1. The number of fused-ring (bicyclic) bond motifs is 1. The van der Waals surface area contributed by atoms with Crippen LogP contribution in [0.25, 0.3) is 11.0 Å². The highest BCUT2D eigenvalue weighted by molar-refractivity contribution is 9.10. The number of rotatable bonds is 9. The van der Waals surface area contributed by atoms with Gasteiger partial charge in [-0.05, 0) is 79.5 Å². The summed E-state index contributed by atoms with van der Waals surface area (Å²) in [6, 6.07) is 6.91. The summed E-state index contributed by atoms with van der Waals surface area (Å²) in [5.74, 6) is 0.795. The number of aromatic amines is 1. The molecule has 0 saturated carbocycles. The third-order valence-corrected chi connectivity index (χ3v) is 9.36. The molecular weight excluding hydrogens is 542 g/mol. The summed E-state index contributed by atoms with van der Waals surface area (Å²) in [6.07, 6.45) is 3.39. The van der Waals surface area contributed by atoms with Gasteiger partial charge in [0.25, 0.3) is 0 Å². The molecule has 1 aliphatic rings. The monoisotopic (exact) mass is 569 g/mol. The van der Waals surface area contributed by atoms with Crippen LogP contribution in [0.1, 0.15) is 33.1 Å². The van der Waals surface area contributed by atoms with E-state index in [1.165, 1.54) is 6.33 Å². The topological polar surface area (TPSA) is 107 Å². The molecular formula is C22H29BrClN7O2S. The van der Waals surface area contributed by atoms with Crippen molar-refractivity contribution in [3.05, 3.63) is 40.2 Å². The first kappa shape index (κ1) is 25.2. The van der Waals surface area contributed by atoms with E-state index in [-0.39, 0.29) is 6.04 Å². The van der Waals surface area contributed by atoms with E-state index < -0.39 is 15.3 Å². The van der Waals surface area contributed by atoms with Crippen molar-refractivity contribution in [2.24, 2.45) is 0 Å². The summed E-state index contributed by atoms with van der Waals surface area (Å²) in [5, 5.41) is 11.2. The SMILES string of the molecule is CCNCCC(C)S(=O)(=O)N(c1ccc(Cl)cc1)C1CCN(c2ncnc3n[nH]c(Br)c23)CC1. The molecule has 1 atom stereocenters. The van der Waals surface area contributed by atoms with Crippen molar-refractivity contribution in [3.8, 4) is 0 Å². The number of piperidine rings is 1. The number of anilines is 2. The fourth-order valence-corrected chi connectivity index (χ4v) is 6.75. The Morgan fingerprint density at radius 3 is 2.65 bits per heavy atom. The summed E-state index contributed by atoms with van der Waals surface area (Å²) >= 11 is 9.59. The van der Waals surface area contributed by atoms with Gasteiger partial charge in [0, 0.05) is 24.2 Å². The molecule has 1 aliphatic heterocycles. The Labute approximate surface area is 213 Å². The van der Waals surface area contributed by atoms with Crippen LogP contribution in [0.5, 0.6) is 0 Å². The number of sulfonamides is 1. The lowest BCUT2D eigenvalue weighted by Crippen LogP contribution is -2.50. The van der Waals surface area contributed by atoms with Crippen LogP contribution < -0.4 is 14.5 Å². The zero-order valence-corrected chi connectivity index (χ0v) is 22.4. The highest BCUT2D eigenvalue weighted by Gasteiger charge is 2.36. The first-order valence-electron chi connectivity index (χ1n) is 11.4.